The highest BCUT2D eigenvalue weighted by atomic mass is 16.5. The van der Waals surface area contributed by atoms with Crippen LogP contribution in [0.4, 0.5) is 5.69 Å². The van der Waals surface area contributed by atoms with Gasteiger partial charge >= 0.3 is 0 Å². The molecule has 1 fully saturated rings. The molecule has 1 aliphatic rings. The Morgan fingerprint density at radius 2 is 1.90 bits per heavy atom. The van der Waals surface area contributed by atoms with Gasteiger partial charge in [0.2, 0.25) is 0 Å². The molecular formula is C18H30N2O. The van der Waals surface area contributed by atoms with Crippen LogP contribution in [-0.4, -0.2) is 44.8 Å². The second-order valence-corrected chi connectivity index (χ2v) is 6.46. The molecule has 1 saturated heterocycles. The summed E-state index contributed by atoms with van der Waals surface area (Å²) in [7, 11) is 4.17. The fourth-order valence-corrected chi connectivity index (χ4v) is 3.09. The first kappa shape index (κ1) is 16.3. The summed E-state index contributed by atoms with van der Waals surface area (Å²) in [5, 5.41) is 0. The van der Waals surface area contributed by atoms with Crippen LogP contribution in [0.15, 0.2) is 24.3 Å². The van der Waals surface area contributed by atoms with Crippen LogP contribution in [0.25, 0.3) is 0 Å². The van der Waals surface area contributed by atoms with Gasteiger partial charge in [0.05, 0.1) is 6.10 Å². The Labute approximate surface area is 129 Å². The molecule has 3 heteroatoms. The molecule has 21 heavy (non-hydrogen) atoms. The summed E-state index contributed by atoms with van der Waals surface area (Å²) in [5.74, 6) is 0.787. The number of rotatable bonds is 6. The highest BCUT2D eigenvalue weighted by Crippen LogP contribution is 2.22. The molecule has 0 amide bonds. The minimum atomic E-state index is 0.432. The van der Waals surface area contributed by atoms with Gasteiger partial charge in [-0.1, -0.05) is 19.1 Å². The predicted octanol–water partition coefficient (Wildman–Crippen LogP) is 3.39. The van der Waals surface area contributed by atoms with Crippen LogP contribution in [0.2, 0.25) is 0 Å². The summed E-state index contributed by atoms with van der Waals surface area (Å²) >= 11 is 0. The largest absolute Gasteiger partial charge is 0.378 e. The molecule has 2 atom stereocenters. The number of benzene rings is 1. The Morgan fingerprint density at radius 1 is 1.19 bits per heavy atom. The van der Waals surface area contributed by atoms with Gasteiger partial charge in [-0.05, 0) is 49.9 Å². The van der Waals surface area contributed by atoms with Crippen LogP contribution in [0.3, 0.4) is 0 Å². The summed E-state index contributed by atoms with van der Waals surface area (Å²) in [6.45, 7) is 8.75. The average Bonchev–Trinajstić information content (AvgIpc) is 2.47. The molecule has 0 unspecified atom stereocenters. The van der Waals surface area contributed by atoms with E-state index in [2.05, 4.69) is 62.0 Å². The lowest BCUT2D eigenvalue weighted by atomic mass is 9.95. The minimum absolute atomic E-state index is 0.432. The Bertz CT molecular complexity index is 416. The van der Waals surface area contributed by atoms with Crippen LogP contribution in [-0.2, 0) is 11.3 Å². The third kappa shape index (κ3) is 5.01. The van der Waals surface area contributed by atoms with E-state index < -0.39 is 0 Å². The van der Waals surface area contributed by atoms with Crippen LogP contribution >= 0.6 is 0 Å². The number of anilines is 1. The van der Waals surface area contributed by atoms with Gasteiger partial charge < -0.3 is 9.64 Å². The molecule has 0 N–H and O–H groups in total. The topological polar surface area (TPSA) is 15.7 Å². The van der Waals surface area contributed by atoms with E-state index in [0.29, 0.717) is 6.10 Å². The van der Waals surface area contributed by atoms with E-state index in [1.54, 1.807) is 0 Å². The van der Waals surface area contributed by atoms with Crippen LogP contribution < -0.4 is 4.90 Å². The zero-order valence-corrected chi connectivity index (χ0v) is 14.0. The molecule has 1 aliphatic heterocycles. The lowest BCUT2D eigenvalue weighted by Gasteiger charge is -2.32. The third-order valence-corrected chi connectivity index (χ3v) is 4.42. The maximum absolute atomic E-state index is 5.65. The van der Waals surface area contributed by atoms with Crippen molar-refractivity contribution in [2.75, 3.05) is 38.7 Å². The van der Waals surface area contributed by atoms with Crippen molar-refractivity contribution in [1.82, 2.24) is 4.90 Å². The van der Waals surface area contributed by atoms with Gasteiger partial charge in [0.15, 0.2) is 0 Å². The summed E-state index contributed by atoms with van der Waals surface area (Å²) in [4.78, 5) is 4.71. The number of hydrogen-bond acceptors (Lipinski definition) is 3. The maximum Gasteiger partial charge on any atom is 0.0550 e. The van der Waals surface area contributed by atoms with Crippen molar-refractivity contribution in [3.05, 3.63) is 29.8 Å². The van der Waals surface area contributed by atoms with Crippen molar-refractivity contribution < 1.29 is 4.74 Å². The van der Waals surface area contributed by atoms with Crippen LogP contribution in [0.1, 0.15) is 32.3 Å². The zero-order chi connectivity index (χ0) is 15.2. The third-order valence-electron chi connectivity index (χ3n) is 4.42. The summed E-state index contributed by atoms with van der Waals surface area (Å²) < 4.78 is 5.65. The first-order valence-electron chi connectivity index (χ1n) is 8.18. The van der Waals surface area contributed by atoms with Crippen LogP contribution in [0, 0.1) is 5.92 Å². The van der Waals surface area contributed by atoms with E-state index in [0.717, 1.165) is 25.6 Å². The molecule has 1 aromatic rings. The Kier molecular flexibility index (Phi) is 6.07. The van der Waals surface area contributed by atoms with Gasteiger partial charge in [-0.3, -0.25) is 4.90 Å². The van der Waals surface area contributed by atoms with Gasteiger partial charge in [-0.2, -0.15) is 0 Å². The van der Waals surface area contributed by atoms with E-state index in [1.807, 2.05) is 0 Å². The molecular weight excluding hydrogens is 260 g/mol. The van der Waals surface area contributed by atoms with Crippen molar-refractivity contribution in [3.63, 3.8) is 0 Å². The lowest BCUT2D eigenvalue weighted by molar-refractivity contribution is -0.00578. The summed E-state index contributed by atoms with van der Waals surface area (Å²) in [5.41, 5.74) is 2.67. The zero-order valence-electron chi connectivity index (χ0n) is 14.0. The molecule has 0 spiro atoms. The quantitative estimate of drug-likeness (QED) is 0.798. The smallest absolute Gasteiger partial charge is 0.0550 e. The van der Waals surface area contributed by atoms with Crippen molar-refractivity contribution in [2.45, 2.75) is 39.3 Å². The van der Waals surface area contributed by atoms with Gasteiger partial charge in [-0.25, -0.2) is 0 Å². The first-order chi connectivity index (χ1) is 10.1. The highest BCUT2D eigenvalue weighted by molar-refractivity contribution is 5.45. The number of nitrogens with zero attached hydrogens (tertiary/aromatic N) is 2. The van der Waals surface area contributed by atoms with E-state index in [4.69, 9.17) is 4.74 Å². The van der Waals surface area contributed by atoms with Gasteiger partial charge in [0.25, 0.3) is 0 Å². The van der Waals surface area contributed by atoms with E-state index in [1.165, 1.54) is 30.6 Å². The highest BCUT2D eigenvalue weighted by Gasteiger charge is 2.21. The van der Waals surface area contributed by atoms with Gasteiger partial charge in [0.1, 0.15) is 0 Å². The lowest BCUT2D eigenvalue weighted by Crippen LogP contribution is -2.34. The second-order valence-electron chi connectivity index (χ2n) is 6.46. The molecule has 118 valence electrons. The maximum atomic E-state index is 5.65. The molecule has 1 aromatic carbocycles. The second kappa shape index (κ2) is 7.81. The normalized spacial score (nSPS) is 22.5. The van der Waals surface area contributed by atoms with E-state index >= 15 is 0 Å². The number of ether oxygens (including phenoxy) is 1. The molecule has 0 radical (unpaired) electrons. The van der Waals surface area contributed by atoms with Crippen LogP contribution in [0.5, 0.6) is 0 Å². The summed E-state index contributed by atoms with van der Waals surface area (Å²) in [6, 6.07) is 8.93. The van der Waals surface area contributed by atoms with E-state index in [9.17, 15) is 0 Å². The monoisotopic (exact) mass is 290 g/mol. The summed E-state index contributed by atoms with van der Waals surface area (Å²) in [6.07, 6.45) is 2.85. The fourth-order valence-electron chi connectivity index (χ4n) is 3.09. The van der Waals surface area contributed by atoms with Crippen molar-refractivity contribution in [2.24, 2.45) is 5.92 Å². The molecule has 2 rings (SSSR count). The fraction of sp³-hybridized carbons (Fsp3) is 0.667. The van der Waals surface area contributed by atoms with E-state index in [-0.39, 0.29) is 0 Å². The first-order valence-corrected chi connectivity index (χ1v) is 8.18. The Balaban J connectivity index is 1.89. The number of hydrogen-bond donors (Lipinski definition) is 0. The standard InChI is InChI=1S/C18H30N2O/c1-5-20(14-17-10-11-21-15(2)12-17)13-16-6-8-18(9-7-16)19(3)4/h6-9,15,17H,5,10-14H2,1-4H3/t15-,17-/m1/s1. The average molecular weight is 290 g/mol. The van der Waals surface area contributed by atoms with Gasteiger partial charge in [-0.15, -0.1) is 0 Å². The molecule has 0 aliphatic carbocycles. The molecule has 0 aromatic heterocycles. The molecule has 3 nitrogen and oxygen atoms in total. The predicted molar refractivity (Wildman–Crippen MR) is 89.9 cm³/mol. The molecule has 0 bridgehead atoms. The molecule has 1 heterocycles. The minimum Gasteiger partial charge on any atom is -0.378 e. The van der Waals surface area contributed by atoms with Crippen molar-refractivity contribution in [1.29, 1.82) is 0 Å². The Morgan fingerprint density at radius 3 is 2.48 bits per heavy atom. The van der Waals surface area contributed by atoms with Crippen molar-refractivity contribution in [3.8, 4) is 0 Å². The molecule has 0 saturated carbocycles. The SMILES string of the molecule is CCN(Cc1ccc(N(C)C)cc1)C[C@@H]1CCO[C@H](C)C1. The van der Waals surface area contributed by atoms with Gasteiger partial charge in [0, 0.05) is 39.5 Å². The van der Waals surface area contributed by atoms with Crippen molar-refractivity contribution >= 4 is 5.69 Å². The Hall–Kier alpha value is -1.06.